The average Bonchev–Trinajstić information content (AvgIpc) is 2.44. The number of hydrogen-bond acceptors (Lipinski definition) is 1. The summed E-state index contributed by atoms with van der Waals surface area (Å²) in [5, 5.41) is 8.82. The van der Waals surface area contributed by atoms with Crippen molar-refractivity contribution in [1.29, 1.82) is 0 Å². The van der Waals surface area contributed by atoms with Crippen molar-refractivity contribution in [2.75, 3.05) is 0 Å². The van der Waals surface area contributed by atoms with Gasteiger partial charge in [0.1, 0.15) is 0 Å². The molecule has 0 aromatic heterocycles. The second kappa shape index (κ2) is 1.62. The molecular formula is C9H12O2. The number of fused-ring (bicyclic) bond motifs is 5. The fourth-order valence-corrected chi connectivity index (χ4v) is 3.66. The van der Waals surface area contributed by atoms with Crippen molar-refractivity contribution in [1.82, 2.24) is 0 Å². The SMILES string of the molecule is O=C(O)[C@@H]1[C@H]2[C@@H]3CC[C@@H](C3)[C@@H]12. The van der Waals surface area contributed by atoms with E-state index in [2.05, 4.69) is 0 Å². The van der Waals surface area contributed by atoms with Crippen molar-refractivity contribution in [2.24, 2.45) is 29.6 Å². The van der Waals surface area contributed by atoms with Crippen LogP contribution < -0.4 is 0 Å². The molecule has 60 valence electrons. The zero-order chi connectivity index (χ0) is 7.59. The molecule has 0 aromatic carbocycles. The van der Waals surface area contributed by atoms with Crippen LogP contribution in [0, 0.1) is 29.6 Å². The highest BCUT2D eigenvalue weighted by Crippen LogP contribution is 2.69. The Balaban J connectivity index is 1.86. The quantitative estimate of drug-likeness (QED) is 0.616. The van der Waals surface area contributed by atoms with E-state index in [1.165, 1.54) is 19.3 Å². The Bertz CT molecular complexity index is 208. The van der Waals surface area contributed by atoms with Crippen LogP contribution in [-0.2, 0) is 4.79 Å². The average molecular weight is 152 g/mol. The molecule has 3 rings (SSSR count). The van der Waals surface area contributed by atoms with Gasteiger partial charge in [-0.1, -0.05) is 0 Å². The summed E-state index contributed by atoms with van der Waals surface area (Å²) in [7, 11) is 0. The molecule has 0 radical (unpaired) electrons. The van der Waals surface area contributed by atoms with Gasteiger partial charge in [-0.05, 0) is 42.9 Å². The molecular weight excluding hydrogens is 140 g/mol. The number of hydrogen-bond donors (Lipinski definition) is 1. The zero-order valence-electron chi connectivity index (χ0n) is 6.36. The first-order valence-corrected chi connectivity index (χ1v) is 4.52. The lowest BCUT2D eigenvalue weighted by Gasteiger charge is -2.04. The molecule has 0 unspecified atom stereocenters. The molecule has 3 aliphatic carbocycles. The molecule has 3 aliphatic rings. The smallest absolute Gasteiger partial charge is 0.307 e. The van der Waals surface area contributed by atoms with Crippen LogP contribution in [0.1, 0.15) is 19.3 Å². The maximum atomic E-state index is 10.7. The Labute approximate surface area is 65.6 Å². The van der Waals surface area contributed by atoms with E-state index in [0.29, 0.717) is 11.8 Å². The lowest BCUT2D eigenvalue weighted by molar-refractivity contribution is -0.139. The lowest BCUT2D eigenvalue weighted by Crippen LogP contribution is -2.07. The molecule has 0 spiro atoms. The third kappa shape index (κ3) is 0.569. The number of carboxylic acid groups (broad SMARTS) is 1. The zero-order valence-corrected chi connectivity index (χ0v) is 6.36. The molecule has 1 N–H and O–H groups in total. The van der Waals surface area contributed by atoms with Crippen LogP contribution >= 0.6 is 0 Å². The third-order valence-electron chi connectivity index (χ3n) is 4.02. The maximum absolute atomic E-state index is 10.7. The summed E-state index contributed by atoms with van der Waals surface area (Å²) in [6.07, 6.45) is 3.98. The van der Waals surface area contributed by atoms with E-state index in [1.54, 1.807) is 0 Å². The van der Waals surface area contributed by atoms with Crippen LogP contribution in [0.4, 0.5) is 0 Å². The van der Waals surface area contributed by atoms with Crippen LogP contribution in [-0.4, -0.2) is 11.1 Å². The summed E-state index contributed by atoms with van der Waals surface area (Å²) < 4.78 is 0. The highest BCUT2D eigenvalue weighted by atomic mass is 16.4. The van der Waals surface area contributed by atoms with Gasteiger partial charge in [0.2, 0.25) is 0 Å². The molecule has 11 heavy (non-hydrogen) atoms. The van der Waals surface area contributed by atoms with Crippen molar-refractivity contribution in [3.8, 4) is 0 Å². The van der Waals surface area contributed by atoms with Gasteiger partial charge >= 0.3 is 5.97 Å². The van der Waals surface area contributed by atoms with Gasteiger partial charge in [0, 0.05) is 0 Å². The largest absolute Gasteiger partial charge is 0.481 e. The van der Waals surface area contributed by atoms with Gasteiger partial charge in [0.25, 0.3) is 0 Å². The molecule has 0 amide bonds. The molecule has 5 atom stereocenters. The summed E-state index contributed by atoms with van der Waals surface area (Å²) in [6, 6.07) is 0. The third-order valence-corrected chi connectivity index (χ3v) is 4.02. The monoisotopic (exact) mass is 152 g/mol. The van der Waals surface area contributed by atoms with Crippen molar-refractivity contribution < 1.29 is 9.90 Å². The first-order chi connectivity index (χ1) is 5.29. The van der Waals surface area contributed by atoms with E-state index < -0.39 is 5.97 Å². The molecule has 0 saturated heterocycles. The van der Waals surface area contributed by atoms with Gasteiger partial charge < -0.3 is 5.11 Å². The second-order valence-corrected chi connectivity index (χ2v) is 4.35. The predicted molar refractivity (Wildman–Crippen MR) is 38.9 cm³/mol. The summed E-state index contributed by atoms with van der Waals surface area (Å²) in [5.41, 5.74) is 0. The molecule has 3 fully saturated rings. The Hall–Kier alpha value is -0.530. The lowest BCUT2D eigenvalue weighted by atomic mass is 10.0. The van der Waals surface area contributed by atoms with E-state index in [-0.39, 0.29) is 5.92 Å². The van der Waals surface area contributed by atoms with Gasteiger partial charge in [-0.3, -0.25) is 4.79 Å². The number of aliphatic carboxylic acids is 1. The van der Waals surface area contributed by atoms with Gasteiger partial charge in [-0.25, -0.2) is 0 Å². The first-order valence-electron chi connectivity index (χ1n) is 4.52. The van der Waals surface area contributed by atoms with E-state index in [0.717, 1.165) is 11.8 Å². The fourth-order valence-electron chi connectivity index (χ4n) is 3.66. The highest BCUT2D eigenvalue weighted by Gasteiger charge is 2.67. The topological polar surface area (TPSA) is 37.3 Å². The minimum atomic E-state index is -0.531. The van der Waals surface area contributed by atoms with Gasteiger partial charge in [0.05, 0.1) is 5.92 Å². The van der Waals surface area contributed by atoms with Crippen molar-refractivity contribution >= 4 is 5.97 Å². The molecule has 0 aromatic rings. The fraction of sp³-hybridized carbons (Fsp3) is 0.889. The Morgan fingerprint density at radius 2 is 1.73 bits per heavy atom. The summed E-state index contributed by atoms with van der Waals surface area (Å²) in [5.74, 6) is 2.34. The summed E-state index contributed by atoms with van der Waals surface area (Å²) in [4.78, 5) is 10.7. The predicted octanol–water partition coefficient (Wildman–Crippen LogP) is 1.36. The Morgan fingerprint density at radius 3 is 2.18 bits per heavy atom. The number of carbonyl (C=O) groups is 1. The summed E-state index contributed by atoms with van der Waals surface area (Å²) in [6.45, 7) is 0. The molecule has 0 heterocycles. The van der Waals surface area contributed by atoms with Crippen LogP contribution in [0.5, 0.6) is 0 Å². The standard InChI is InChI=1S/C9H12O2/c10-9(11)8-6-4-1-2-5(3-4)7(6)8/h4-8H,1-3H2,(H,10,11)/t4-,5+,6+,7-,8-. The minimum absolute atomic E-state index is 0.0706. The van der Waals surface area contributed by atoms with E-state index in [4.69, 9.17) is 5.11 Å². The molecule has 2 nitrogen and oxygen atoms in total. The van der Waals surface area contributed by atoms with Crippen LogP contribution in [0.2, 0.25) is 0 Å². The van der Waals surface area contributed by atoms with Crippen LogP contribution in [0.15, 0.2) is 0 Å². The van der Waals surface area contributed by atoms with Gasteiger partial charge in [0.15, 0.2) is 0 Å². The van der Waals surface area contributed by atoms with Gasteiger partial charge in [-0.2, -0.15) is 0 Å². The van der Waals surface area contributed by atoms with Gasteiger partial charge in [-0.15, -0.1) is 0 Å². The Kier molecular flexibility index (Phi) is 0.890. The molecule has 0 aliphatic heterocycles. The molecule has 3 saturated carbocycles. The first kappa shape index (κ1) is 6.04. The second-order valence-electron chi connectivity index (χ2n) is 4.35. The molecule has 2 heteroatoms. The van der Waals surface area contributed by atoms with Crippen LogP contribution in [0.3, 0.4) is 0 Å². The number of carboxylic acids is 1. The normalized spacial score (nSPS) is 57.6. The molecule has 2 bridgehead atoms. The van der Waals surface area contributed by atoms with E-state index in [9.17, 15) is 4.79 Å². The Morgan fingerprint density at radius 1 is 1.18 bits per heavy atom. The summed E-state index contributed by atoms with van der Waals surface area (Å²) >= 11 is 0. The van der Waals surface area contributed by atoms with Crippen molar-refractivity contribution in [3.05, 3.63) is 0 Å². The van der Waals surface area contributed by atoms with Crippen molar-refractivity contribution in [3.63, 3.8) is 0 Å². The van der Waals surface area contributed by atoms with Crippen molar-refractivity contribution in [2.45, 2.75) is 19.3 Å². The van der Waals surface area contributed by atoms with Crippen LogP contribution in [0.25, 0.3) is 0 Å². The number of rotatable bonds is 1. The minimum Gasteiger partial charge on any atom is -0.481 e. The van der Waals surface area contributed by atoms with E-state index in [1.807, 2.05) is 0 Å². The van der Waals surface area contributed by atoms with E-state index >= 15 is 0 Å². The highest BCUT2D eigenvalue weighted by molar-refractivity contribution is 5.75. The maximum Gasteiger partial charge on any atom is 0.307 e.